The molecule has 1 aliphatic rings. The molecule has 2 aromatic heterocycles. The molecule has 0 radical (unpaired) electrons. The molecule has 0 atom stereocenters. The number of nitrogens with one attached hydrogen (secondary N) is 2. The summed E-state index contributed by atoms with van der Waals surface area (Å²) in [5.41, 5.74) is 2.30. The van der Waals surface area contributed by atoms with Crippen LogP contribution in [-0.4, -0.2) is 18.4 Å². The van der Waals surface area contributed by atoms with E-state index in [2.05, 4.69) is 16.7 Å². The van der Waals surface area contributed by atoms with Gasteiger partial charge in [-0.25, -0.2) is 0 Å². The minimum Gasteiger partial charge on any atom is -0.459 e. The van der Waals surface area contributed by atoms with E-state index in [-0.39, 0.29) is 17.6 Å². The maximum absolute atomic E-state index is 12.4. The normalized spacial score (nSPS) is 14.0. The second kappa shape index (κ2) is 8.16. The molecule has 2 N–H and O–H groups in total. The lowest BCUT2D eigenvalue weighted by Gasteiger charge is -2.12. The molecule has 2 heterocycles. The summed E-state index contributed by atoms with van der Waals surface area (Å²) in [6.07, 6.45) is 9.50. The van der Waals surface area contributed by atoms with Crippen LogP contribution in [0.15, 0.2) is 40.5 Å². The van der Waals surface area contributed by atoms with Gasteiger partial charge in [0.1, 0.15) is 0 Å². The highest BCUT2D eigenvalue weighted by atomic mass is 32.1. The molecular formula is C19H22N2O3S. The first-order valence-electron chi connectivity index (χ1n) is 8.55. The number of carbonyl (C=O) groups is 2. The average molecular weight is 358 g/mol. The van der Waals surface area contributed by atoms with Crippen LogP contribution in [0.5, 0.6) is 0 Å². The molecule has 0 fully saturated rings. The van der Waals surface area contributed by atoms with Gasteiger partial charge in [-0.2, -0.15) is 0 Å². The number of rotatable bonds is 6. The minimum absolute atomic E-state index is 0.0857. The lowest BCUT2D eigenvalue weighted by molar-refractivity contribution is 0.0956. The van der Waals surface area contributed by atoms with Crippen molar-refractivity contribution in [3.05, 3.63) is 52.3 Å². The van der Waals surface area contributed by atoms with Crippen LogP contribution in [0.2, 0.25) is 0 Å². The van der Waals surface area contributed by atoms with E-state index in [4.69, 9.17) is 4.42 Å². The Labute approximate surface area is 151 Å². The van der Waals surface area contributed by atoms with Crippen LogP contribution >= 0.6 is 11.3 Å². The molecule has 5 nitrogen and oxygen atoms in total. The van der Waals surface area contributed by atoms with Crippen molar-refractivity contribution in [2.75, 3.05) is 11.9 Å². The van der Waals surface area contributed by atoms with Crippen LogP contribution in [0.1, 0.15) is 57.9 Å². The van der Waals surface area contributed by atoms with Gasteiger partial charge in [-0.05, 0) is 62.8 Å². The van der Waals surface area contributed by atoms with E-state index >= 15 is 0 Å². The standard InChI is InChI=1S/C19H22N2O3S/c1-13-12-16(21-18(22)15-8-5-11-24-15)25-17(13)19(23)20-10-9-14-6-3-2-4-7-14/h5-6,8,11-12H,2-4,7,9-10H2,1H3,(H,20,23)(H,21,22). The van der Waals surface area contributed by atoms with Crippen LogP contribution in [0.4, 0.5) is 5.00 Å². The van der Waals surface area contributed by atoms with Crippen molar-refractivity contribution in [3.63, 3.8) is 0 Å². The molecule has 0 aliphatic heterocycles. The van der Waals surface area contributed by atoms with Gasteiger partial charge in [0, 0.05) is 6.54 Å². The Hall–Kier alpha value is -2.34. The first-order chi connectivity index (χ1) is 12.1. The molecule has 132 valence electrons. The van der Waals surface area contributed by atoms with Crippen molar-refractivity contribution in [3.8, 4) is 0 Å². The number of thiophene rings is 1. The number of hydrogen-bond acceptors (Lipinski definition) is 4. The number of furan rings is 1. The fourth-order valence-electron chi connectivity index (χ4n) is 2.90. The van der Waals surface area contributed by atoms with Crippen molar-refractivity contribution in [1.29, 1.82) is 0 Å². The van der Waals surface area contributed by atoms with E-state index in [1.54, 1.807) is 12.1 Å². The van der Waals surface area contributed by atoms with Gasteiger partial charge < -0.3 is 15.1 Å². The Balaban J connectivity index is 1.55. The van der Waals surface area contributed by atoms with E-state index in [1.165, 1.54) is 36.0 Å². The first-order valence-corrected chi connectivity index (χ1v) is 9.36. The molecule has 0 saturated carbocycles. The Morgan fingerprint density at radius 1 is 1.28 bits per heavy atom. The van der Waals surface area contributed by atoms with Gasteiger partial charge in [0.05, 0.1) is 16.1 Å². The third-order valence-electron chi connectivity index (χ3n) is 4.22. The highest BCUT2D eigenvalue weighted by Gasteiger charge is 2.16. The molecule has 0 bridgehead atoms. The van der Waals surface area contributed by atoms with E-state index in [9.17, 15) is 9.59 Å². The number of anilines is 1. The van der Waals surface area contributed by atoms with Crippen LogP contribution in [-0.2, 0) is 0 Å². The molecule has 3 rings (SSSR count). The lowest BCUT2D eigenvalue weighted by atomic mass is 9.97. The Morgan fingerprint density at radius 2 is 2.16 bits per heavy atom. The highest BCUT2D eigenvalue weighted by Crippen LogP contribution is 2.27. The van der Waals surface area contributed by atoms with Gasteiger partial charge in [-0.15, -0.1) is 11.3 Å². The van der Waals surface area contributed by atoms with Crippen LogP contribution in [0, 0.1) is 6.92 Å². The van der Waals surface area contributed by atoms with E-state index in [1.807, 2.05) is 13.0 Å². The van der Waals surface area contributed by atoms with Gasteiger partial charge in [0.25, 0.3) is 11.8 Å². The third-order valence-corrected chi connectivity index (χ3v) is 5.37. The molecule has 1 aliphatic carbocycles. The van der Waals surface area contributed by atoms with Crippen LogP contribution in [0.25, 0.3) is 0 Å². The number of carbonyl (C=O) groups excluding carboxylic acids is 2. The zero-order valence-corrected chi connectivity index (χ0v) is 15.1. The molecular weight excluding hydrogens is 336 g/mol. The van der Waals surface area contributed by atoms with E-state index in [0.29, 0.717) is 16.4 Å². The molecule has 2 aromatic rings. The minimum atomic E-state index is -0.317. The van der Waals surface area contributed by atoms with Gasteiger partial charge in [-0.3, -0.25) is 9.59 Å². The average Bonchev–Trinajstić information content (AvgIpc) is 3.25. The fourth-order valence-corrected chi connectivity index (χ4v) is 3.88. The second-order valence-electron chi connectivity index (χ2n) is 6.17. The van der Waals surface area contributed by atoms with Crippen LogP contribution in [0.3, 0.4) is 0 Å². The number of amides is 2. The zero-order chi connectivity index (χ0) is 17.6. The summed E-state index contributed by atoms with van der Waals surface area (Å²) in [5, 5.41) is 6.38. The highest BCUT2D eigenvalue weighted by molar-refractivity contribution is 7.18. The van der Waals surface area contributed by atoms with Gasteiger partial charge >= 0.3 is 0 Å². The zero-order valence-electron chi connectivity index (χ0n) is 14.3. The van der Waals surface area contributed by atoms with Crippen molar-refractivity contribution >= 4 is 28.2 Å². The Morgan fingerprint density at radius 3 is 2.88 bits per heavy atom. The predicted molar refractivity (Wildman–Crippen MR) is 99.2 cm³/mol. The number of allylic oxidation sites excluding steroid dienone is 1. The maximum Gasteiger partial charge on any atom is 0.291 e. The maximum atomic E-state index is 12.4. The van der Waals surface area contributed by atoms with Crippen LogP contribution < -0.4 is 10.6 Å². The Kier molecular flexibility index (Phi) is 5.71. The largest absolute Gasteiger partial charge is 0.459 e. The first kappa shape index (κ1) is 17.5. The molecule has 2 amide bonds. The number of hydrogen-bond donors (Lipinski definition) is 2. The van der Waals surface area contributed by atoms with Crippen molar-refractivity contribution in [1.82, 2.24) is 5.32 Å². The molecule has 0 spiro atoms. The summed E-state index contributed by atoms with van der Waals surface area (Å²) in [7, 11) is 0. The SMILES string of the molecule is Cc1cc(NC(=O)c2ccco2)sc1C(=O)NCCC1=CCCCC1. The quantitative estimate of drug-likeness (QED) is 0.746. The third kappa shape index (κ3) is 4.60. The monoisotopic (exact) mass is 358 g/mol. The summed E-state index contributed by atoms with van der Waals surface area (Å²) in [6.45, 7) is 2.52. The molecule has 6 heteroatoms. The molecule has 0 saturated heterocycles. The number of aryl methyl sites for hydroxylation is 1. The van der Waals surface area contributed by atoms with E-state index in [0.717, 1.165) is 24.8 Å². The summed E-state index contributed by atoms with van der Waals surface area (Å²) in [6, 6.07) is 5.07. The van der Waals surface area contributed by atoms with Crippen molar-refractivity contribution < 1.29 is 14.0 Å². The Bertz CT molecular complexity index is 775. The van der Waals surface area contributed by atoms with Gasteiger partial charge in [0.2, 0.25) is 0 Å². The summed E-state index contributed by atoms with van der Waals surface area (Å²) in [5.74, 6) is -0.155. The second-order valence-corrected chi connectivity index (χ2v) is 7.22. The smallest absolute Gasteiger partial charge is 0.291 e. The predicted octanol–water partition coefficient (Wildman–Crippen LogP) is 4.52. The van der Waals surface area contributed by atoms with E-state index < -0.39 is 0 Å². The van der Waals surface area contributed by atoms with Gasteiger partial charge in [0.15, 0.2) is 5.76 Å². The van der Waals surface area contributed by atoms with Gasteiger partial charge in [-0.1, -0.05) is 11.6 Å². The summed E-state index contributed by atoms with van der Waals surface area (Å²) >= 11 is 1.28. The van der Waals surface area contributed by atoms with Crippen molar-refractivity contribution in [2.45, 2.75) is 39.0 Å². The summed E-state index contributed by atoms with van der Waals surface area (Å²) < 4.78 is 5.07. The topological polar surface area (TPSA) is 71.3 Å². The van der Waals surface area contributed by atoms with Crippen molar-refractivity contribution in [2.24, 2.45) is 0 Å². The molecule has 0 aromatic carbocycles. The molecule has 0 unspecified atom stereocenters. The lowest BCUT2D eigenvalue weighted by Crippen LogP contribution is -2.24. The summed E-state index contributed by atoms with van der Waals surface area (Å²) in [4.78, 5) is 25.0. The fraction of sp³-hybridized carbons (Fsp3) is 0.368. The molecule has 25 heavy (non-hydrogen) atoms.